The van der Waals surface area contributed by atoms with Gasteiger partial charge in [0.2, 0.25) is 15.9 Å². The highest BCUT2D eigenvalue weighted by Gasteiger charge is 2.26. The maximum atomic E-state index is 12.3. The summed E-state index contributed by atoms with van der Waals surface area (Å²) in [6, 6.07) is 14.1. The Balaban J connectivity index is 1.92. The maximum Gasteiger partial charge on any atom is 0.363 e. The number of carbonyl (C=O) groups excluding carboxylic acids is 1. The maximum absolute atomic E-state index is 12.3. The fourth-order valence-corrected chi connectivity index (χ4v) is 3.62. The molecule has 0 fully saturated rings. The van der Waals surface area contributed by atoms with Gasteiger partial charge in [-0.3, -0.25) is 0 Å². The molecule has 1 heterocycles. The molecule has 6 nitrogen and oxygen atoms in total. The van der Waals surface area contributed by atoms with Crippen LogP contribution in [0.15, 0.2) is 64.1 Å². The van der Waals surface area contributed by atoms with Crippen molar-refractivity contribution in [2.45, 2.75) is 24.7 Å². The van der Waals surface area contributed by atoms with Crippen LogP contribution in [0.1, 0.15) is 36.5 Å². The molecule has 3 rings (SSSR count). The van der Waals surface area contributed by atoms with Crippen LogP contribution in [0.5, 0.6) is 0 Å². The lowest BCUT2D eigenvalue weighted by Gasteiger charge is -2.11. The van der Waals surface area contributed by atoms with E-state index in [9.17, 15) is 13.2 Å². The second kappa shape index (κ2) is 7.69. The zero-order valence-electron chi connectivity index (χ0n) is 16.2. The third kappa shape index (κ3) is 4.05. The lowest BCUT2D eigenvalue weighted by Crippen LogP contribution is -2.22. The molecule has 2 aromatic rings. The number of rotatable bonds is 5. The fourth-order valence-electron chi connectivity index (χ4n) is 2.67. The molecule has 1 aliphatic heterocycles. The van der Waals surface area contributed by atoms with Crippen molar-refractivity contribution in [3.63, 3.8) is 0 Å². The molecule has 0 saturated heterocycles. The number of hydrogen-bond acceptors (Lipinski definition) is 5. The molecule has 2 aromatic carbocycles. The van der Waals surface area contributed by atoms with Crippen molar-refractivity contribution in [3.05, 3.63) is 70.9 Å². The molecule has 28 heavy (non-hydrogen) atoms. The Labute approximate surface area is 165 Å². The molecule has 0 bridgehead atoms. The van der Waals surface area contributed by atoms with Gasteiger partial charge in [0, 0.05) is 19.7 Å². The molecule has 146 valence electrons. The Bertz CT molecular complexity index is 1070. The van der Waals surface area contributed by atoms with Crippen molar-refractivity contribution < 1.29 is 17.9 Å². The van der Waals surface area contributed by atoms with Gasteiger partial charge >= 0.3 is 5.97 Å². The molecule has 1 aliphatic rings. The fraction of sp³-hybridized carbons (Fsp3) is 0.238. The lowest BCUT2D eigenvalue weighted by atomic mass is 10.0. The van der Waals surface area contributed by atoms with E-state index in [2.05, 4.69) is 18.8 Å². The SMILES string of the molecule is CC(C)c1ccc(/C=C2\N=C(c3cccc(S(=O)(=O)N(C)C)c3)OC2=O)cc1. The third-order valence-electron chi connectivity index (χ3n) is 4.39. The van der Waals surface area contributed by atoms with Crippen molar-refractivity contribution >= 4 is 28.0 Å². The molecule has 0 atom stereocenters. The van der Waals surface area contributed by atoms with Gasteiger partial charge < -0.3 is 4.74 Å². The summed E-state index contributed by atoms with van der Waals surface area (Å²) in [5.74, 6) is -0.0526. The number of cyclic esters (lactones) is 1. The summed E-state index contributed by atoms with van der Waals surface area (Å²) in [6.45, 7) is 4.23. The number of aliphatic imine (C=N–C) groups is 1. The molecule has 0 amide bonds. The zero-order valence-corrected chi connectivity index (χ0v) is 17.0. The molecule has 0 aromatic heterocycles. The number of nitrogens with zero attached hydrogens (tertiary/aromatic N) is 2. The molecule has 0 unspecified atom stereocenters. The summed E-state index contributed by atoms with van der Waals surface area (Å²) in [7, 11) is -0.675. The van der Waals surface area contributed by atoms with Crippen molar-refractivity contribution in [3.8, 4) is 0 Å². The number of sulfonamides is 1. The average Bonchev–Trinajstić information content (AvgIpc) is 3.02. The Morgan fingerprint density at radius 3 is 2.36 bits per heavy atom. The number of carbonyl (C=O) groups is 1. The van der Waals surface area contributed by atoms with E-state index in [-0.39, 0.29) is 16.5 Å². The highest BCUT2D eigenvalue weighted by atomic mass is 32.2. The van der Waals surface area contributed by atoms with Crippen LogP contribution in [0.4, 0.5) is 0 Å². The highest BCUT2D eigenvalue weighted by Crippen LogP contribution is 2.22. The van der Waals surface area contributed by atoms with E-state index < -0.39 is 16.0 Å². The van der Waals surface area contributed by atoms with Crippen molar-refractivity contribution in [2.24, 2.45) is 4.99 Å². The van der Waals surface area contributed by atoms with Crippen molar-refractivity contribution in [2.75, 3.05) is 14.1 Å². The summed E-state index contributed by atoms with van der Waals surface area (Å²) < 4.78 is 31.0. The predicted molar refractivity (Wildman–Crippen MR) is 108 cm³/mol. The van der Waals surface area contributed by atoms with E-state index in [0.29, 0.717) is 11.5 Å². The van der Waals surface area contributed by atoms with E-state index in [1.807, 2.05) is 24.3 Å². The molecule has 7 heteroatoms. The van der Waals surface area contributed by atoms with Crippen LogP contribution in [0, 0.1) is 0 Å². The molecule has 0 saturated carbocycles. The number of benzene rings is 2. The first-order valence-corrected chi connectivity index (χ1v) is 10.3. The van der Waals surface area contributed by atoms with Crippen LogP contribution in [0.3, 0.4) is 0 Å². The Morgan fingerprint density at radius 2 is 1.75 bits per heavy atom. The zero-order chi connectivity index (χ0) is 20.5. The Morgan fingerprint density at radius 1 is 1.07 bits per heavy atom. The Hall–Kier alpha value is -2.77. The molecular formula is C21H22N2O4S. The van der Waals surface area contributed by atoms with Gasteiger partial charge in [0.15, 0.2) is 5.70 Å². The lowest BCUT2D eigenvalue weighted by molar-refractivity contribution is -0.129. The highest BCUT2D eigenvalue weighted by molar-refractivity contribution is 7.89. The van der Waals surface area contributed by atoms with Gasteiger partial charge in [-0.1, -0.05) is 44.2 Å². The summed E-state index contributed by atoms with van der Waals surface area (Å²) in [6.07, 6.45) is 1.65. The van der Waals surface area contributed by atoms with Crippen LogP contribution in [0.2, 0.25) is 0 Å². The van der Waals surface area contributed by atoms with Gasteiger partial charge in [-0.2, -0.15) is 0 Å². The summed E-state index contributed by atoms with van der Waals surface area (Å²) in [5, 5.41) is 0. The van der Waals surface area contributed by atoms with E-state index in [0.717, 1.165) is 9.87 Å². The topological polar surface area (TPSA) is 76.0 Å². The van der Waals surface area contributed by atoms with E-state index >= 15 is 0 Å². The molecule has 0 N–H and O–H groups in total. The van der Waals surface area contributed by atoms with Crippen LogP contribution in [-0.4, -0.2) is 38.7 Å². The largest absolute Gasteiger partial charge is 0.402 e. The standard InChI is InChI=1S/C21H22N2O4S/c1-14(2)16-10-8-15(9-11-16)12-19-21(24)27-20(22-19)17-6-5-7-18(13-17)28(25,26)23(3)4/h5-14H,1-4H3/b19-12-. The normalized spacial score (nSPS) is 16.0. The van der Waals surface area contributed by atoms with E-state index in [1.165, 1.54) is 31.8 Å². The van der Waals surface area contributed by atoms with Gasteiger partial charge in [-0.15, -0.1) is 0 Å². The minimum Gasteiger partial charge on any atom is -0.402 e. The van der Waals surface area contributed by atoms with Crippen LogP contribution in [-0.2, 0) is 19.6 Å². The summed E-state index contributed by atoms with van der Waals surface area (Å²) in [5.41, 5.74) is 2.65. The smallest absolute Gasteiger partial charge is 0.363 e. The van der Waals surface area contributed by atoms with Gasteiger partial charge in [-0.05, 0) is 41.3 Å². The first-order chi connectivity index (χ1) is 13.2. The molecule has 0 radical (unpaired) electrons. The molecule has 0 spiro atoms. The minimum atomic E-state index is -3.59. The molecule has 0 aliphatic carbocycles. The number of hydrogen-bond donors (Lipinski definition) is 0. The van der Waals surface area contributed by atoms with Crippen LogP contribution >= 0.6 is 0 Å². The van der Waals surface area contributed by atoms with E-state index in [4.69, 9.17) is 4.74 Å². The monoisotopic (exact) mass is 398 g/mol. The van der Waals surface area contributed by atoms with E-state index in [1.54, 1.807) is 18.2 Å². The summed E-state index contributed by atoms with van der Waals surface area (Å²) >= 11 is 0. The van der Waals surface area contributed by atoms with Gasteiger partial charge in [-0.25, -0.2) is 22.5 Å². The first kappa shape index (κ1) is 20.0. The van der Waals surface area contributed by atoms with Crippen molar-refractivity contribution in [1.29, 1.82) is 0 Å². The number of ether oxygens (including phenoxy) is 1. The second-order valence-electron chi connectivity index (χ2n) is 6.97. The van der Waals surface area contributed by atoms with Gasteiger partial charge in [0.1, 0.15) is 0 Å². The first-order valence-electron chi connectivity index (χ1n) is 8.84. The van der Waals surface area contributed by atoms with Gasteiger partial charge in [0.05, 0.1) is 4.90 Å². The average molecular weight is 398 g/mol. The third-order valence-corrected chi connectivity index (χ3v) is 6.20. The summed E-state index contributed by atoms with van der Waals surface area (Å²) in [4.78, 5) is 16.6. The molecular weight excluding hydrogens is 376 g/mol. The van der Waals surface area contributed by atoms with Crippen LogP contribution in [0.25, 0.3) is 6.08 Å². The minimum absolute atomic E-state index is 0.0888. The Kier molecular flexibility index (Phi) is 5.49. The quantitative estimate of drug-likeness (QED) is 0.571. The van der Waals surface area contributed by atoms with Gasteiger partial charge in [0.25, 0.3) is 0 Å². The second-order valence-corrected chi connectivity index (χ2v) is 9.12. The van der Waals surface area contributed by atoms with Crippen LogP contribution < -0.4 is 0 Å². The predicted octanol–water partition coefficient (Wildman–Crippen LogP) is 3.40. The van der Waals surface area contributed by atoms with Crippen molar-refractivity contribution in [1.82, 2.24) is 4.31 Å². The number of esters is 1.